The fraction of sp³-hybridized carbons (Fsp3) is 0.429. The van der Waals surface area contributed by atoms with Crippen LogP contribution in [0.2, 0.25) is 0 Å². The van der Waals surface area contributed by atoms with Gasteiger partial charge in [0, 0.05) is 12.6 Å². The molecule has 0 aliphatic heterocycles. The molecule has 1 rings (SSSR count). The summed E-state index contributed by atoms with van der Waals surface area (Å²) in [5.41, 5.74) is 7.28. The SMILES string of the molecule is C/C=C/CCNC(CN)c1ccc(C)c(F)c1. The third-order valence-electron chi connectivity index (χ3n) is 2.77. The molecule has 1 aromatic rings. The molecule has 0 aromatic heterocycles. The van der Waals surface area contributed by atoms with Crippen LogP contribution < -0.4 is 11.1 Å². The van der Waals surface area contributed by atoms with Gasteiger partial charge in [-0.15, -0.1) is 0 Å². The van der Waals surface area contributed by atoms with Gasteiger partial charge in [-0.05, 0) is 44.0 Å². The van der Waals surface area contributed by atoms with Crippen LogP contribution >= 0.6 is 0 Å². The maximum atomic E-state index is 13.4. The molecule has 0 saturated heterocycles. The summed E-state index contributed by atoms with van der Waals surface area (Å²) in [6.45, 7) is 5.08. The van der Waals surface area contributed by atoms with Crippen molar-refractivity contribution in [3.05, 3.63) is 47.3 Å². The lowest BCUT2D eigenvalue weighted by Crippen LogP contribution is -2.28. The topological polar surface area (TPSA) is 38.0 Å². The molecule has 0 spiro atoms. The van der Waals surface area contributed by atoms with Gasteiger partial charge in [0.1, 0.15) is 5.82 Å². The number of rotatable bonds is 6. The van der Waals surface area contributed by atoms with Crippen molar-refractivity contribution in [3.8, 4) is 0 Å². The Morgan fingerprint density at radius 3 is 2.82 bits per heavy atom. The molecule has 1 atom stereocenters. The number of benzene rings is 1. The van der Waals surface area contributed by atoms with Crippen LogP contribution in [0, 0.1) is 12.7 Å². The molecule has 0 bridgehead atoms. The average molecular weight is 236 g/mol. The Labute approximate surface area is 103 Å². The number of halogens is 1. The van der Waals surface area contributed by atoms with Gasteiger partial charge in [0.05, 0.1) is 0 Å². The molecule has 0 fully saturated rings. The van der Waals surface area contributed by atoms with Gasteiger partial charge in [0.15, 0.2) is 0 Å². The number of nitrogens with one attached hydrogen (secondary N) is 1. The number of aryl methyl sites for hydroxylation is 1. The summed E-state index contributed by atoms with van der Waals surface area (Å²) >= 11 is 0. The Bertz CT molecular complexity index is 374. The molecule has 0 heterocycles. The third kappa shape index (κ3) is 4.29. The van der Waals surface area contributed by atoms with Gasteiger partial charge in [-0.25, -0.2) is 4.39 Å². The smallest absolute Gasteiger partial charge is 0.126 e. The van der Waals surface area contributed by atoms with Crippen molar-refractivity contribution >= 4 is 0 Å². The normalized spacial score (nSPS) is 13.2. The van der Waals surface area contributed by atoms with E-state index in [0.717, 1.165) is 18.5 Å². The highest BCUT2D eigenvalue weighted by atomic mass is 19.1. The monoisotopic (exact) mass is 236 g/mol. The highest BCUT2D eigenvalue weighted by molar-refractivity contribution is 5.26. The Kier molecular flexibility index (Phi) is 5.87. The third-order valence-corrected chi connectivity index (χ3v) is 2.77. The minimum atomic E-state index is -0.170. The van der Waals surface area contributed by atoms with Crippen molar-refractivity contribution in [1.29, 1.82) is 0 Å². The van der Waals surface area contributed by atoms with E-state index in [2.05, 4.69) is 11.4 Å². The van der Waals surface area contributed by atoms with E-state index in [1.54, 1.807) is 19.1 Å². The van der Waals surface area contributed by atoms with E-state index in [1.165, 1.54) is 0 Å². The lowest BCUT2D eigenvalue weighted by Gasteiger charge is -2.17. The summed E-state index contributed by atoms with van der Waals surface area (Å²) in [4.78, 5) is 0. The van der Waals surface area contributed by atoms with Crippen LogP contribution in [0.3, 0.4) is 0 Å². The summed E-state index contributed by atoms with van der Waals surface area (Å²) in [5.74, 6) is -0.170. The van der Waals surface area contributed by atoms with E-state index in [0.29, 0.717) is 12.1 Å². The molecular weight excluding hydrogens is 215 g/mol. The maximum Gasteiger partial charge on any atom is 0.126 e. The summed E-state index contributed by atoms with van der Waals surface area (Å²) in [6, 6.07) is 5.31. The van der Waals surface area contributed by atoms with Crippen molar-refractivity contribution in [3.63, 3.8) is 0 Å². The molecule has 1 unspecified atom stereocenters. The quantitative estimate of drug-likeness (QED) is 0.588. The molecule has 94 valence electrons. The lowest BCUT2D eigenvalue weighted by atomic mass is 10.0. The zero-order chi connectivity index (χ0) is 12.7. The molecule has 0 amide bonds. The molecule has 1 aromatic carbocycles. The van der Waals surface area contributed by atoms with E-state index in [-0.39, 0.29) is 11.9 Å². The minimum Gasteiger partial charge on any atom is -0.329 e. The van der Waals surface area contributed by atoms with Gasteiger partial charge < -0.3 is 11.1 Å². The second kappa shape index (κ2) is 7.20. The lowest BCUT2D eigenvalue weighted by molar-refractivity contribution is 0.540. The molecule has 3 N–H and O–H groups in total. The van der Waals surface area contributed by atoms with Gasteiger partial charge in [-0.2, -0.15) is 0 Å². The van der Waals surface area contributed by atoms with Crippen LogP contribution in [0.15, 0.2) is 30.4 Å². The first-order valence-electron chi connectivity index (χ1n) is 5.99. The van der Waals surface area contributed by atoms with Crippen molar-refractivity contribution in [1.82, 2.24) is 5.32 Å². The van der Waals surface area contributed by atoms with Gasteiger partial charge in [0.2, 0.25) is 0 Å². The minimum absolute atomic E-state index is 0.0235. The Morgan fingerprint density at radius 2 is 2.24 bits per heavy atom. The van der Waals surface area contributed by atoms with E-state index >= 15 is 0 Å². The summed E-state index contributed by atoms with van der Waals surface area (Å²) in [6.07, 6.45) is 5.07. The molecule has 0 saturated carbocycles. The zero-order valence-corrected chi connectivity index (χ0v) is 10.5. The first-order valence-corrected chi connectivity index (χ1v) is 5.99. The van der Waals surface area contributed by atoms with E-state index in [4.69, 9.17) is 5.73 Å². The van der Waals surface area contributed by atoms with Gasteiger partial charge in [0.25, 0.3) is 0 Å². The van der Waals surface area contributed by atoms with Gasteiger partial charge in [-0.3, -0.25) is 0 Å². The van der Waals surface area contributed by atoms with Gasteiger partial charge in [-0.1, -0.05) is 24.3 Å². The number of nitrogens with two attached hydrogens (primary N) is 1. The molecule has 0 aliphatic rings. The highest BCUT2D eigenvalue weighted by Gasteiger charge is 2.09. The van der Waals surface area contributed by atoms with E-state index in [1.807, 2.05) is 19.1 Å². The van der Waals surface area contributed by atoms with E-state index < -0.39 is 0 Å². The van der Waals surface area contributed by atoms with Crippen LogP contribution in [-0.2, 0) is 0 Å². The molecule has 0 aliphatic carbocycles. The maximum absolute atomic E-state index is 13.4. The largest absolute Gasteiger partial charge is 0.329 e. The molecule has 2 nitrogen and oxygen atoms in total. The Morgan fingerprint density at radius 1 is 1.47 bits per heavy atom. The molecule has 3 heteroatoms. The Hall–Kier alpha value is -1.19. The van der Waals surface area contributed by atoms with Crippen LogP contribution in [0.25, 0.3) is 0 Å². The first-order chi connectivity index (χ1) is 8.19. The fourth-order valence-corrected chi connectivity index (χ4v) is 1.67. The standard InChI is InChI=1S/C14H21FN2/c1-3-4-5-8-17-14(10-16)12-7-6-11(2)13(15)9-12/h3-4,6-7,9,14,17H,5,8,10,16H2,1-2H3/b4-3+. The first kappa shape index (κ1) is 13.9. The summed E-state index contributed by atoms with van der Waals surface area (Å²) < 4.78 is 13.4. The molecule has 17 heavy (non-hydrogen) atoms. The summed E-state index contributed by atoms with van der Waals surface area (Å²) in [5, 5.41) is 3.32. The van der Waals surface area contributed by atoms with Crippen LogP contribution in [0.1, 0.15) is 30.5 Å². The van der Waals surface area contributed by atoms with E-state index in [9.17, 15) is 4.39 Å². The molecule has 0 radical (unpaired) electrons. The summed E-state index contributed by atoms with van der Waals surface area (Å²) in [7, 11) is 0. The van der Waals surface area contributed by atoms with Gasteiger partial charge >= 0.3 is 0 Å². The predicted octanol–water partition coefficient (Wildman–Crippen LogP) is 2.69. The predicted molar refractivity (Wildman–Crippen MR) is 70.4 cm³/mol. The number of hydrogen-bond donors (Lipinski definition) is 2. The fourth-order valence-electron chi connectivity index (χ4n) is 1.67. The number of allylic oxidation sites excluding steroid dienone is 1. The van der Waals surface area contributed by atoms with Crippen molar-refractivity contribution in [2.75, 3.05) is 13.1 Å². The second-order valence-electron chi connectivity index (χ2n) is 4.11. The second-order valence-corrected chi connectivity index (χ2v) is 4.11. The van der Waals surface area contributed by atoms with Crippen molar-refractivity contribution < 1.29 is 4.39 Å². The molecular formula is C14H21FN2. The highest BCUT2D eigenvalue weighted by Crippen LogP contribution is 2.15. The van der Waals surface area contributed by atoms with Crippen LogP contribution in [0.5, 0.6) is 0 Å². The van der Waals surface area contributed by atoms with Crippen molar-refractivity contribution in [2.45, 2.75) is 26.3 Å². The average Bonchev–Trinajstić information content (AvgIpc) is 2.33. The van der Waals surface area contributed by atoms with Crippen molar-refractivity contribution in [2.24, 2.45) is 5.73 Å². The zero-order valence-electron chi connectivity index (χ0n) is 10.5. The Balaban J connectivity index is 2.62. The van der Waals surface area contributed by atoms with Crippen LogP contribution in [-0.4, -0.2) is 13.1 Å². The van der Waals surface area contributed by atoms with Crippen LogP contribution in [0.4, 0.5) is 4.39 Å². The number of hydrogen-bond acceptors (Lipinski definition) is 2.